The van der Waals surface area contributed by atoms with Crippen LogP contribution in [0.2, 0.25) is 0 Å². The Hall–Kier alpha value is -3.14. The lowest BCUT2D eigenvalue weighted by atomic mass is 9.93. The van der Waals surface area contributed by atoms with E-state index >= 15 is 0 Å². The van der Waals surface area contributed by atoms with Gasteiger partial charge < -0.3 is 20.5 Å². The van der Waals surface area contributed by atoms with Gasteiger partial charge in [0.25, 0.3) is 5.91 Å². The molecule has 2 amide bonds. The van der Waals surface area contributed by atoms with Crippen molar-refractivity contribution in [2.75, 3.05) is 26.2 Å². The average Bonchev–Trinajstić information content (AvgIpc) is 3.29. The fourth-order valence-electron chi connectivity index (χ4n) is 3.79. The lowest BCUT2D eigenvalue weighted by molar-refractivity contribution is -0.121. The first kappa shape index (κ1) is 21.1. The van der Waals surface area contributed by atoms with Crippen LogP contribution < -0.4 is 16.0 Å². The Labute approximate surface area is 180 Å². The van der Waals surface area contributed by atoms with E-state index < -0.39 is 0 Å². The summed E-state index contributed by atoms with van der Waals surface area (Å²) in [5, 5.41) is 21.2. The normalized spacial score (nSPS) is 20.8. The van der Waals surface area contributed by atoms with Crippen LogP contribution in [0.4, 0.5) is 0 Å². The number of aryl methyl sites for hydroxylation is 1. The van der Waals surface area contributed by atoms with Crippen molar-refractivity contribution in [2.45, 2.75) is 38.0 Å². The second-order valence-electron chi connectivity index (χ2n) is 7.76. The Morgan fingerprint density at radius 1 is 1.19 bits per heavy atom. The van der Waals surface area contributed by atoms with Gasteiger partial charge in [-0.05, 0) is 32.4 Å². The maximum atomic E-state index is 12.1. The van der Waals surface area contributed by atoms with Gasteiger partial charge in [-0.3, -0.25) is 9.59 Å². The van der Waals surface area contributed by atoms with E-state index in [0.717, 1.165) is 43.7 Å². The Balaban J connectivity index is 1.13. The van der Waals surface area contributed by atoms with Gasteiger partial charge in [0.05, 0.1) is 5.92 Å². The Morgan fingerprint density at radius 2 is 2.06 bits per heavy atom. The SMILES string of the molecule is O=C(CCc1nc(C2CCNCC2)no1)NCCCNC1=C2C=CC=CC2C(=O)N=N1. The second-order valence-corrected chi connectivity index (χ2v) is 7.76. The predicted molar refractivity (Wildman–Crippen MR) is 112 cm³/mol. The largest absolute Gasteiger partial charge is 0.368 e. The number of fused-ring (bicyclic) bond motifs is 1. The number of nitrogens with zero attached hydrogens (tertiary/aromatic N) is 4. The first-order chi connectivity index (χ1) is 15.2. The summed E-state index contributed by atoms with van der Waals surface area (Å²) in [6.07, 6.45) is 10.9. The van der Waals surface area contributed by atoms with Crippen LogP contribution in [-0.4, -0.2) is 48.1 Å². The van der Waals surface area contributed by atoms with Crippen molar-refractivity contribution in [1.82, 2.24) is 26.1 Å². The topological polar surface area (TPSA) is 134 Å². The van der Waals surface area contributed by atoms with Crippen LogP contribution in [0, 0.1) is 5.92 Å². The molecule has 1 fully saturated rings. The quantitative estimate of drug-likeness (QED) is 0.511. The molecule has 0 spiro atoms. The molecule has 1 saturated heterocycles. The lowest BCUT2D eigenvalue weighted by Crippen LogP contribution is -2.29. The molecule has 0 bridgehead atoms. The molecule has 4 rings (SSSR count). The van der Waals surface area contributed by atoms with Crippen molar-refractivity contribution < 1.29 is 14.1 Å². The summed E-state index contributed by atoms with van der Waals surface area (Å²) in [6, 6.07) is 0. The summed E-state index contributed by atoms with van der Waals surface area (Å²) in [4.78, 5) is 28.3. The summed E-state index contributed by atoms with van der Waals surface area (Å²) in [7, 11) is 0. The van der Waals surface area contributed by atoms with E-state index in [2.05, 4.69) is 36.3 Å². The fraction of sp³-hybridized carbons (Fsp3) is 0.524. The summed E-state index contributed by atoms with van der Waals surface area (Å²) in [6.45, 7) is 3.09. The van der Waals surface area contributed by atoms with Crippen LogP contribution in [-0.2, 0) is 16.0 Å². The Bertz CT molecular complexity index is 925. The van der Waals surface area contributed by atoms with Gasteiger partial charge in [-0.25, -0.2) is 0 Å². The smallest absolute Gasteiger partial charge is 0.276 e. The minimum absolute atomic E-state index is 0.0491. The number of amides is 2. The third-order valence-electron chi connectivity index (χ3n) is 5.54. The first-order valence-corrected chi connectivity index (χ1v) is 10.8. The van der Waals surface area contributed by atoms with Crippen molar-refractivity contribution in [3.8, 4) is 0 Å². The highest BCUT2D eigenvalue weighted by Crippen LogP contribution is 2.27. The van der Waals surface area contributed by atoms with E-state index in [1.807, 2.05) is 24.3 Å². The maximum Gasteiger partial charge on any atom is 0.276 e. The number of piperidine rings is 1. The predicted octanol–water partition coefficient (Wildman–Crippen LogP) is 1.51. The molecule has 1 aliphatic carbocycles. The first-order valence-electron chi connectivity index (χ1n) is 10.8. The van der Waals surface area contributed by atoms with Gasteiger partial charge in [0.2, 0.25) is 11.8 Å². The number of rotatable bonds is 9. The molecule has 1 aromatic heterocycles. The van der Waals surface area contributed by atoms with Crippen LogP contribution in [0.3, 0.4) is 0 Å². The van der Waals surface area contributed by atoms with Crippen LogP contribution in [0.5, 0.6) is 0 Å². The van der Waals surface area contributed by atoms with Crippen molar-refractivity contribution in [2.24, 2.45) is 16.1 Å². The van der Waals surface area contributed by atoms with Crippen molar-refractivity contribution in [3.63, 3.8) is 0 Å². The van der Waals surface area contributed by atoms with Crippen LogP contribution in [0.15, 0.2) is 50.4 Å². The van der Waals surface area contributed by atoms with E-state index in [4.69, 9.17) is 4.52 Å². The molecule has 3 N–H and O–H groups in total. The number of aromatic nitrogens is 2. The number of carbonyl (C=O) groups excluding carboxylic acids is 2. The van der Waals surface area contributed by atoms with Crippen LogP contribution in [0.25, 0.3) is 0 Å². The highest BCUT2D eigenvalue weighted by Gasteiger charge is 2.27. The number of carbonyl (C=O) groups is 2. The number of allylic oxidation sites excluding steroid dienone is 3. The molecule has 2 aliphatic heterocycles. The highest BCUT2D eigenvalue weighted by atomic mass is 16.5. The molecule has 0 radical (unpaired) electrons. The summed E-state index contributed by atoms with van der Waals surface area (Å²) in [5.41, 5.74) is 0.829. The Kier molecular flexibility index (Phi) is 6.98. The highest BCUT2D eigenvalue weighted by molar-refractivity contribution is 5.86. The molecular formula is C21H27N7O3. The van der Waals surface area contributed by atoms with Crippen LogP contribution >= 0.6 is 0 Å². The molecule has 0 aromatic carbocycles. The molecule has 3 aliphatic rings. The minimum atomic E-state index is -0.357. The molecule has 10 nitrogen and oxygen atoms in total. The third-order valence-corrected chi connectivity index (χ3v) is 5.54. The van der Waals surface area contributed by atoms with Gasteiger partial charge in [-0.2, -0.15) is 4.98 Å². The van der Waals surface area contributed by atoms with Gasteiger partial charge in [0.1, 0.15) is 0 Å². The van der Waals surface area contributed by atoms with Gasteiger partial charge in [0.15, 0.2) is 11.6 Å². The average molecular weight is 425 g/mol. The molecular weight excluding hydrogens is 398 g/mol. The zero-order valence-corrected chi connectivity index (χ0v) is 17.3. The molecule has 31 heavy (non-hydrogen) atoms. The summed E-state index contributed by atoms with van der Waals surface area (Å²) < 4.78 is 5.30. The third kappa shape index (κ3) is 5.52. The van der Waals surface area contributed by atoms with E-state index in [9.17, 15) is 9.59 Å². The van der Waals surface area contributed by atoms with E-state index in [1.165, 1.54) is 0 Å². The zero-order chi connectivity index (χ0) is 21.5. The molecule has 3 heterocycles. The van der Waals surface area contributed by atoms with Gasteiger partial charge in [-0.15, -0.1) is 10.2 Å². The summed E-state index contributed by atoms with van der Waals surface area (Å²) >= 11 is 0. The number of hydrogen-bond acceptors (Lipinski definition) is 8. The molecule has 1 aromatic rings. The zero-order valence-electron chi connectivity index (χ0n) is 17.3. The summed E-state index contributed by atoms with van der Waals surface area (Å²) in [5.74, 6) is 1.56. The van der Waals surface area contributed by atoms with E-state index in [0.29, 0.717) is 43.6 Å². The van der Waals surface area contributed by atoms with Gasteiger partial charge >= 0.3 is 0 Å². The molecule has 10 heteroatoms. The van der Waals surface area contributed by atoms with Gasteiger partial charge in [0, 0.05) is 37.4 Å². The Morgan fingerprint density at radius 3 is 2.94 bits per heavy atom. The van der Waals surface area contributed by atoms with Crippen molar-refractivity contribution in [1.29, 1.82) is 0 Å². The lowest BCUT2D eigenvalue weighted by Gasteiger charge is -2.20. The number of hydrogen-bond donors (Lipinski definition) is 3. The molecule has 0 saturated carbocycles. The number of nitrogens with one attached hydrogen (secondary N) is 3. The number of azo groups is 1. The van der Waals surface area contributed by atoms with E-state index in [-0.39, 0.29) is 17.7 Å². The maximum absolute atomic E-state index is 12.1. The standard InChI is InChI=1S/C21H27N7O3/c29-17(6-7-18-25-19(28-31-18)14-8-12-22-13-9-14)23-10-3-11-24-20-15-4-1-2-5-16(15)21(30)27-26-20/h1-2,4-5,14,16,22,24H,3,6-13H2,(H,23,29). The van der Waals surface area contributed by atoms with E-state index in [1.54, 1.807) is 0 Å². The molecule has 1 unspecified atom stereocenters. The molecule has 1 atom stereocenters. The van der Waals surface area contributed by atoms with Gasteiger partial charge in [-0.1, -0.05) is 29.5 Å². The fourth-order valence-corrected chi connectivity index (χ4v) is 3.79. The van der Waals surface area contributed by atoms with Crippen LogP contribution in [0.1, 0.15) is 43.3 Å². The van der Waals surface area contributed by atoms with Crippen molar-refractivity contribution >= 4 is 11.8 Å². The second kappa shape index (κ2) is 10.3. The monoisotopic (exact) mass is 425 g/mol. The molecule has 164 valence electrons. The minimum Gasteiger partial charge on any atom is -0.368 e. The van der Waals surface area contributed by atoms with Crippen molar-refractivity contribution in [3.05, 3.63) is 47.4 Å².